The van der Waals surface area contributed by atoms with E-state index in [-0.39, 0.29) is 11.9 Å². The Morgan fingerprint density at radius 2 is 1.33 bits per heavy atom. The summed E-state index contributed by atoms with van der Waals surface area (Å²) in [6.45, 7) is 7.26. The summed E-state index contributed by atoms with van der Waals surface area (Å²) in [5, 5.41) is 0. The van der Waals surface area contributed by atoms with E-state index in [0.29, 0.717) is 24.3 Å². The SMILES string of the molecule is CCCCCCOC(=O)c1ccc(C(=O)OCCCCCC)c(CCC)c1. The van der Waals surface area contributed by atoms with Crippen molar-refractivity contribution in [3.8, 4) is 0 Å². The van der Waals surface area contributed by atoms with Gasteiger partial charge in [-0.15, -0.1) is 0 Å². The van der Waals surface area contributed by atoms with Crippen molar-refractivity contribution >= 4 is 11.9 Å². The normalized spacial score (nSPS) is 10.6. The Balaban J connectivity index is 2.64. The molecule has 0 aliphatic heterocycles. The van der Waals surface area contributed by atoms with Crippen LogP contribution >= 0.6 is 0 Å². The average molecular weight is 377 g/mol. The van der Waals surface area contributed by atoms with Crippen molar-refractivity contribution < 1.29 is 19.1 Å². The largest absolute Gasteiger partial charge is 0.462 e. The topological polar surface area (TPSA) is 52.6 Å². The molecule has 0 atom stereocenters. The lowest BCUT2D eigenvalue weighted by molar-refractivity contribution is 0.0482. The molecule has 0 N–H and O–H groups in total. The van der Waals surface area contributed by atoms with E-state index in [1.54, 1.807) is 18.2 Å². The van der Waals surface area contributed by atoms with E-state index in [9.17, 15) is 9.59 Å². The van der Waals surface area contributed by atoms with Gasteiger partial charge < -0.3 is 9.47 Å². The molecule has 0 amide bonds. The molecule has 0 aliphatic rings. The number of hydrogen-bond donors (Lipinski definition) is 0. The molecule has 0 heterocycles. The van der Waals surface area contributed by atoms with Gasteiger partial charge in [-0.3, -0.25) is 0 Å². The number of benzene rings is 1. The molecule has 27 heavy (non-hydrogen) atoms. The van der Waals surface area contributed by atoms with Gasteiger partial charge in [-0.1, -0.05) is 65.7 Å². The average Bonchev–Trinajstić information content (AvgIpc) is 2.67. The highest BCUT2D eigenvalue weighted by Gasteiger charge is 2.16. The summed E-state index contributed by atoms with van der Waals surface area (Å²) in [6.07, 6.45) is 10.2. The van der Waals surface area contributed by atoms with Crippen LogP contribution < -0.4 is 0 Å². The van der Waals surface area contributed by atoms with Crippen molar-refractivity contribution in [2.75, 3.05) is 13.2 Å². The maximum absolute atomic E-state index is 12.4. The summed E-state index contributed by atoms with van der Waals surface area (Å²) in [7, 11) is 0. The second-order valence-corrected chi connectivity index (χ2v) is 7.02. The Labute approximate surface area is 164 Å². The van der Waals surface area contributed by atoms with Crippen molar-refractivity contribution in [1.29, 1.82) is 0 Å². The molecular weight excluding hydrogens is 340 g/mol. The predicted octanol–water partition coefficient (Wildman–Crippen LogP) is 6.11. The van der Waals surface area contributed by atoms with Gasteiger partial charge in [-0.25, -0.2) is 9.59 Å². The van der Waals surface area contributed by atoms with Crippen molar-refractivity contribution in [3.63, 3.8) is 0 Å². The number of rotatable bonds is 14. The highest BCUT2D eigenvalue weighted by molar-refractivity contribution is 5.94. The molecule has 152 valence electrons. The Morgan fingerprint density at radius 3 is 1.89 bits per heavy atom. The number of ether oxygens (including phenoxy) is 2. The minimum absolute atomic E-state index is 0.297. The molecule has 0 saturated carbocycles. The lowest BCUT2D eigenvalue weighted by Gasteiger charge is -2.11. The second kappa shape index (κ2) is 14.2. The van der Waals surface area contributed by atoms with Crippen molar-refractivity contribution in [2.45, 2.75) is 85.0 Å². The lowest BCUT2D eigenvalue weighted by atomic mass is 10.00. The first kappa shape index (κ1) is 23.2. The first-order valence-corrected chi connectivity index (χ1v) is 10.6. The van der Waals surface area contributed by atoms with Crippen LogP contribution in [0.5, 0.6) is 0 Å². The van der Waals surface area contributed by atoms with Gasteiger partial charge in [-0.05, 0) is 43.0 Å². The number of aryl methyl sites for hydroxylation is 1. The van der Waals surface area contributed by atoms with E-state index >= 15 is 0 Å². The summed E-state index contributed by atoms with van der Waals surface area (Å²) >= 11 is 0. The molecule has 0 radical (unpaired) electrons. The third-order valence-electron chi connectivity index (χ3n) is 4.54. The molecule has 0 aliphatic carbocycles. The Bertz CT molecular complexity index is 565. The first-order valence-electron chi connectivity index (χ1n) is 10.6. The summed E-state index contributed by atoms with van der Waals surface area (Å²) in [5.74, 6) is -0.613. The number of carbonyl (C=O) groups excluding carboxylic acids is 2. The van der Waals surface area contributed by atoms with Gasteiger partial charge in [0, 0.05) is 0 Å². The van der Waals surface area contributed by atoms with Gasteiger partial charge >= 0.3 is 11.9 Å². The summed E-state index contributed by atoms with van der Waals surface area (Å²) in [5.41, 5.74) is 1.93. The van der Waals surface area contributed by atoms with Crippen LogP contribution in [0, 0.1) is 0 Å². The maximum Gasteiger partial charge on any atom is 0.338 e. The predicted molar refractivity (Wildman–Crippen MR) is 109 cm³/mol. The molecule has 0 bridgehead atoms. The fourth-order valence-corrected chi connectivity index (χ4v) is 2.94. The minimum atomic E-state index is -0.316. The quantitative estimate of drug-likeness (QED) is 0.290. The number of esters is 2. The van der Waals surface area contributed by atoms with E-state index in [2.05, 4.69) is 20.8 Å². The Morgan fingerprint density at radius 1 is 0.741 bits per heavy atom. The monoisotopic (exact) mass is 376 g/mol. The van der Waals surface area contributed by atoms with Crippen molar-refractivity contribution in [1.82, 2.24) is 0 Å². The zero-order valence-corrected chi connectivity index (χ0v) is 17.4. The Hall–Kier alpha value is -1.84. The van der Waals surface area contributed by atoms with E-state index in [1.165, 1.54) is 0 Å². The molecule has 0 saturated heterocycles. The molecule has 1 aromatic carbocycles. The van der Waals surface area contributed by atoms with Crippen LogP contribution in [0.1, 0.15) is 105 Å². The van der Waals surface area contributed by atoms with Crippen molar-refractivity contribution in [3.05, 3.63) is 34.9 Å². The zero-order valence-electron chi connectivity index (χ0n) is 17.4. The highest BCUT2D eigenvalue weighted by atomic mass is 16.5. The first-order chi connectivity index (χ1) is 13.1. The summed E-state index contributed by atoms with van der Waals surface area (Å²) < 4.78 is 10.8. The van der Waals surface area contributed by atoms with Crippen LogP contribution in [0.15, 0.2) is 18.2 Å². The van der Waals surface area contributed by atoms with E-state index in [1.807, 2.05) is 0 Å². The zero-order chi connectivity index (χ0) is 19.9. The van der Waals surface area contributed by atoms with Gasteiger partial charge in [-0.2, -0.15) is 0 Å². The standard InChI is InChI=1S/C23H36O4/c1-4-7-9-11-16-26-22(24)20-14-15-21(19(18-20)13-6-3)23(25)27-17-12-10-8-5-2/h14-15,18H,4-13,16-17H2,1-3H3. The van der Waals surface area contributed by atoms with E-state index in [4.69, 9.17) is 9.47 Å². The third-order valence-corrected chi connectivity index (χ3v) is 4.54. The molecular formula is C23H36O4. The molecule has 1 rings (SSSR count). The van der Waals surface area contributed by atoms with Crippen molar-refractivity contribution in [2.24, 2.45) is 0 Å². The third kappa shape index (κ3) is 9.07. The lowest BCUT2D eigenvalue weighted by Crippen LogP contribution is -2.12. The highest BCUT2D eigenvalue weighted by Crippen LogP contribution is 2.17. The van der Waals surface area contributed by atoms with Crippen LogP contribution in [-0.4, -0.2) is 25.2 Å². The van der Waals surface area contributed by atoms with Crippen LogP contribution in [0.4, 0.5) is 0 Å². The van der Waals surface area contributed by atoms with Gasteiger partial charge in [0.1, 0.15) is 0 Å². The number of carbonyl (C=O) groups is 2. The van der Waals surface area contributed by atoms with Crippen LogP contribution in [-0.2, 0) is 15.9 Å². The molecule has 4 heteroatoms. The smallest absolute Gasteiger partial charge is 0.338 e. The van der Waals surface area contributed by atoms with Gasteiger partial charge in [0.25, 0.3) is 0 Å². The minimum Gasteiger partial charge on any atom is -0.462 e. The molecule has 0 unspecified atom stereocenters. The van der Waals surface area contributed by atoms with Crippen LogP contribution in [0.25, 0.3) is 0 Å². The van der Waals surface area contributed by atoms with Crippen LogP contribution in [0.2, 0.25) is 0 Å². The van der Waals surface area contributed by atoms with Gasteiger partial charge in [0.2, 0.25) is 0 Å². The summed E-state index contributed by atoms with van der Waals surface area (Å²) in [6, 6.07) is 5.15. The van der Waals surface area contributed by atoms with Gasteiger partial charge in [0.05, 0.1) is 24.3 Å². The fraction of sp³-hybridized carbons (Fsp3) is 0.652. The molecule has 0 fully saturated rings. The fourth-order valence-electron chi connectivity index (χ4n) is 2.94. The molecule has 0 spiro atoms. The Kier molecular flexibility index (Phi) is 12.2. The maximum atomic E-state index is 12.4. The molecule has 0 aromatic heterocycles. The number of unbranched alkanes of at least 4 members (excludes halogenated alkanes) is 6. The van der Waals surface area contributed by atoms with E-state index < -0.39 is 0 Å². The second-order valence-electron chi connectivity index (χ2n) is 7.02. The van der Waals surface area contributed by atoms with Gasteiger partial charge in [0.15, 0.2) is 0 Å². The van der Waals surface area contributed by atoms with E-state index in [0.717, 1.165) is 69.8 Å². The molecule has 4 nitrogen and oxygen atoms in total. The summed E-state index contributed by atoms with van der Waals surface area (Å²) in [4.78, 5) is 24.6. The molecule has 1 aromatic rings. The van der Waals surface area contributed by atoms with Crippen LogP contribution in [0.3, 0.4) is 0 Å². The number of hydrogen-bond acceptors (Lipinski definition) is 4.